The fourth-order valence-electron chi connectivity index (χ4n) is 6.53. The van der Waals surface area contributed by atoms with Gasteiger partial charge in [-0.3, -0.25) is 4.79 Å². The maximum absolute atomic E-state index is 12.7. The number of unbranched alkanes of at least 4 members (excludes halogenated alkanes) is 4. The van der Waals surface area contributed by atoms with Gasteiger partial charge >= 0.3 is 5.97 Å². The molecular weight excluding hydrogens is 716 g/mol. The fourth-order valence-corrected chi connectivity index (χ4v) is 6.53. The van der Waals surface area contributed by atoms with Crippen molar-refractivity contribution in [2.24, 2.45) is 0 Å². The Kier molecular flexibility index (Phi) is 24.4. The van der Waals surface area contributed by atoms with E-state index < -0.39 is 80.3 Å². The molecule has 3 saturated heterocycles. The van der Waals surface area contributed by atoms with E-state index in [1.54, 1.807) is 0 Å². The van der Waals surface area contributed by atoms with Crippen molar-refractivity contribution in [3.05, 3.63) is 48.6 Å². The van der Waals surface area contributed by atoms with E-state index in [1.165, 1.54) is 19.3 Å². The number of carbonyl (C=O) groups excluding carboxylic acids is 1. The zero-order valence-electron chi connectivity index (χ0n) is 32.6. The van der Waals surface area contributed by atoms with Crippen LogP contribution in [0.15, 0.2) is 48.6 Å². The molecule has 0 radical (unpaired) electrons. The van der Waals surface area contributed by atoms with Gasteiger partial charge in [0.05, 0.1) is 56.9 Å². The average molecular weight is 785 g/mol. The molecule has 14 heteroatoms. The van der Waals surface area contributed by atoms with Gasteiger partial charge in [-0.15, -0.1) is 0 Å². The molecule has 0 aromatic heterocycles. The summed E-state index contributed by atoms with van der Waals surface area (Å²) in [4.78, 5) is 12.7. The number of carbonyl (C=O) groups is 1. The molecule has 6 N–H and O–H groups in total. The van der Waals surface area contributed by atoms with Crippen molar-refractivity contribution in [2.75, 3.05) is 33.0 Å². The molecule has 0 aliphatic carbocycles. The SMILES string of the molecule is CCCCC/C=C\C/C=C\C/C=C\C/C=C\CCCC(=O)OCC(CO[C@H]1C[C@@H](O)C[C@@H](CO)O1)O[C@H]1C[C@@H](O[C@H]2C[C@@H](O)C[C@@H](CO)O2)[C@H](O)[C@@H](CO)O1. The Hall–Kier alpha value is -2.05. The zero-order chi connectivity index (χ0) is 39.7. The Labute approximate surface area is 326 Å². The number of aliphatic hydroxyl groups is 6. The zero-order valence-corrected chi connectivity index (χ0v) is 32.6. The highest BCUT2D eigenvalue weighted by Gasteiger charge is 2.42. The van der Waals surface area contributed by atoms with Crippen molar-refractivity contribution in [1.29, 1.82) is 0 Å². The lowest BCUT2D eigenvalue weighted by atomic mass is 10.0. The number of ether oxygens (including phenoxy) is 7. The third-order valence-corrected chi connectivity index (χ3v) is 9.57. The molecule has 1 unspecified atom stereocenters. The maximum Gasteiger partial charge on any atom is 0.305 e. The van der Waals surface area contributed by atoms with Gasteiger partial charge < -0.3 is 63.8 Å². The summed E-state index contributed by atoms with van der Waals surface area (Å²) in [5.41, 5.74) is 0. The second kappa shape index (κ2) is 28.4. The minimum atomic E-state index is -1.25. The second-order valence-corrected chi connectivity index (χ2v) is 14.4. The molecule has 11 atom stereocenters. The Balaban J connectivity index is 1.45. The van der Waals surface area contributed by atoms with Crippen LogP contribution in [0.1, 0.15) is 103 Å². The standard InChI is InChI=1S/C41H68O14/c1-2-3-4-5-6-7-8-9-10-11-12-13-14-15-16-17-18-19-37(47)49-28-34(29-50-38-22-30(45)20-32(25-42)51-38)53-40-24-35(41(48)36(27-44)55-40)54-39-23-31(46)21-33(26-43)52-39/h6-7,9-10,12-13,15-16,30-36,38-46,48H,2-5,8,11,14,17-29H2,1H3/b7-6-,10-9-,13-12-,16-15-/t30-,31-,32-,33-,34?,35+,36+,38+,39-,40+,41-/m0/s1. The summed E-state index contributed by atoms with van der Waals surface area (Å²) >= 11 is 0. The van der Waals surface area contributed by atoms with E-state index in [-0.39, 0.29) is 65.0 Å². The van der Waals surface area contributed by atoms with Crippen LogP contribution in [0.2, 0.25) is 0 Å². The summed E-state index contributed by atoms with van der Waals surface area (Å²) in [7, 11) is 0. The van der Waals surface area contributed by atoms with Gasteiger partial charge in [-0.05, 0) is 44.9 Å². The Morgan fingerprint density at radius 3 is 1.85 bits per heavy atom. The molecule has 0 aromatic rings. The summed E-state index contributed by atoms with van der Waals surface area (Å²) in [5.74, 6) is -0.421. The van der Waals surface area contributed by atoms with E-state index >= 15 is 0 Å². The van der Waals surface area contributed by atoms with E-state index in [4.69, 9.17) is 33.2 Å². The maximum atomic E-state index is 12.7. The highest BCUT2D eigenvalue weighted by molar-refractivity contribution is 5.69. The number of rotatable bonds is 26. The first-order valence-corrected chi connectivity index (χ1v) is 20.3. The summed E-state index contributed by atoms with van der Waals surface area (Å²) < 4.78 is 40.9. The van der Waals surface area contributed by atoms with E-state index in [1.807, 2.05) is 6.08 Å². The first kappa shape index (κ1) is 47.3. The topological polar surface area (TPSA) is 203 Å². The number of hydrogen-bond acceptors (Lipinski definition) is 14. The first-order chi connectivity index (χ1) is 26.7. The van der Waals surface area contributed by atoms with Crippen molar-refractivity contribution in [2.45, 2.75) is 171 Å². The molecule has 0 saturated carbocycles. The van der Waals surface area contributed by atoms with E-state index in [0.29, 0.717) is 12.8 Å². The van der Waals surface area contributed by atoms with E-state index in [0.717, 1.165) is 25.7 Å². The van der Waals surface area contributed by atoms with Crippen LogP contribution in [0.3, 0.4) is 0 Å². The van der Waals surface area contributed by atoms with E-state index in [9.17, 15) is 35.4 Å². The van der Waals surface area contributed by atoms with Crippen LogP contribution < -0.4 is 0 Å². The van der Waals surface area contributed by atoms with Crippen LogP contribution in [0.25, 0.3) is 0 Å². The van der Waals surface area contributed by atoms with Crippen LogP contribution in [0.5, 0.6) is 0 Å². The molecule has 3 aliphatic heterocycles. The molecule has 0 aromatic carbocycles. The minimum absolute atomic E-state index is 0.00215. The van der Waals surface area contributed by atoms with Gasteiger partial charge in [-0.1, -0.05) is 68.4 Å². The monoisotopic (exact) mass is 784 g/mol. The molecular formula is C41H68O14. The fraction of sp³-hybridized carbons (Fsp3) is 0.780. The van der Waals surface area contributed by atoms with Crippen LogP contribution in [-0.4, -0.2) is 137 Å². The number of aliphatic hydroxyl groups excluding tert-OH is 6. The van der Waals surface area contributed by atoms with Crippen LogP contribution in [0.4, 0.5) is 0 Å². The highest BCUT2D eigenvalue weighted by Crippen LogP contribution is 2.29. The van der Waals surface area contributed by atoms with Gasteiger partial charge in [0.25, 0.3) is 0 Å². The quantitative estimate of drug-likeness (QED) is 0.0422. The predicted octanol–water partition coefficient (Wildman–Crippen LogP) is 3.65. The van der Waals surface area contributed by atoms with Crippen molar-refractivity contribution in [3.8, 4) is 0 Å². The minimum Gasteiger partial charge on any atom is -0.463 e. The molecule has 3 rings (SSSR count). The lowest BCUT2D eigenvalue weighted by molar-refractivity contribution is -0.316. The Morgan fingerprint density at radius 1 is 0.673 bits per heavy atom. The number of allylic oxidation sites excluding steroid dienone is 8. The molecule has 14 nitrogen and oxygen atoms in total. The van der Waals surface area contributed by atoms with Gasteiger partial charge in [0.1, 0.15) is 24.9 Å². The molecule has 3 aliphatic rings. The average Bonchev–Trinajstić information content (AvgIpc) is 3.17. The summed E-state index contributed by atoms with van der Waals surface area (Å²) in [6, 6.07) is 0. The molecule has 0 spiro atoms. The van der Waals surface area contributed by atoms with Gasteiger partial charge in [0.15, 0.2) is 18.9 Å². The van der Waals surface area contributed by atoms with Crippen LogP contribution >= 0.6 is 0 Å². The third kappa shape index (κ3) is 19.8. The molecule has 3 heterocycles. The van der Waals surface area contributed by atoms with Crippen molar-refractivity contribution < 1.29 is 68.6 Å². The van der Waals surface area contributed by atoms with Gasteiger partial charge in [0, 0.05) is 38.5 Å². The predicted molar refractivity (Wildman–Crippen MR) is 203 cm³/mol. The first-order valence-electron chi connectivity index (χ1n) is 20.3. The van der Waals surface area contributed by atoms with Crippen molar-refractivity contribution in [1.82, 2.24) is 0 Å². The largest absolute Gasteiger partial charge is 0.463 e. The summed E-state index contributed by atoms with van der Waals surface area (Å²) in [5, 5.41) is 60.3. The molecule has 0 bridgehead atoms. The van der Waals surface area contributed by atoms with Crippen molar-refractivity contribution in [3.63, 3.8) is 0 Å². The summed E-state index contributed by atoms with van der Waals surface area (Å²) in [6.07, 6.45) is 17.6. The molecule has 316 valence electrons. The van der Waals surface area contributed by atoms with Crippen LogP contribution in [0, 0.1) is 0 Å². The number of hydrogen-bond donors (Lipinski definition) is 6. The smallest absolute Gasteiger partial charge is 0.305 e. The normalized spacial score (nSPS) is 31.3. The Morgan fingerprint density at radius 2 is 1.25 bits per heavy atom. The molecule has 0 amide bonds. The molecule has 3 fully saturated rings. The van der Waals surface area contributed by atoms with Gasteiger partial charge in [0.2, 0.25) is 0 Å². The highest BCUT2D eigenvalue weighted by atomic mass is 16.7. The van der Waals surface area contributed by atoms with E-state index in [2.05, 4.69) is 49.5 Å². The summed E-state index contributed by atoms with van der Waals surface area (Å²) in [6.45, 7) is 0.767. The third-order valence-electron chi connectivity index (χ3n) is 9.57. The van der Waals surface area contributed by atoms with Gasteiger partial charge in [-0.25, -0.2) is 0 Å². The lowest BCUT2D eigenvalue weighted by Crippen LogP contribution is -2.54. The lowest BCUT2D eigenvalue weighted by Gasteiger charge is -2.42. The van der Waals surface area contributed by atoms with Gasteiger partial charge in [-0.2, -0.15) is 0 Å². The van der Waals surface area contributed by atoms with Crippen LogP contribution in [-0.2, 0) is 38.0 Å². The number of esters is 1. The Bertz CT molecular complexity index is 1130. The molecule has 55 heavy (non-hydrogen) atoms. The second-order valence-electron chi connectivity index (χ2n) is 14.4. The van der Waals surface area contributed by atoms with Crippen molar-refractivity contribution >= 4 is 5.97 Å².